The summed E-state index contributed by atoms with van der Waals surface area (Å²) in [6.07, 6.45) is 22.3. The molecule has 9 heteroatoms. The molecule has 448 valence electrons. The summed E-state index contributed by atoms with van der Waals surface area (Å²) in [5, 5.41) is 17.0. The summed E-state index contributed by atoms with van der Waals surface area (Å²) in [6.45, 7) is 36.6. The van der Waals surface area contributed by atoms with Crippen LogP contribution in [-0.2, 0) is 40.0 Å². The van der Waals surface area contributed by atoms with Crippen molar-refractivity contribution in [3.8, 4) is 22.6 Å². The predicted octanol–water partition coefficient (Wildman–Crippen LogP) is 20.7. The first-order chi connectivity index (χ1) is 32.6. The van der Waals surface area contributed by atoms with Gasteiger partial charge >= 0.3 is 69.1 Å². The number of benzene rings is 2. The van der Waals surface area contributed by atoms with Gasteiger partial charge in [0.15, 0.2) is 0 Å². The molecule has 7 nitrogen and oxygen atoms in total. The van der Waals surface area contributed by atoms with Gasteiger partial charge in [-0.05, 0) is 118 Å². The molecule has 0 spiro atoms. The van der Waals surface area contributed by atoms with Crippen molar-refractivity contribution in [1.29, 1.82) is 0 Å². The number of hydrogen-bond acceptors (Lipinski definition) is 7. The van der Waals surface area contributed by atoms with Crippen molar-refractivity contribution >= 4 is 74.9 Å². The van der Waals surface area contributed by atoms with Gasteiger partial charge in [-0.3, -0.25) is 9.59 Å². The van der Waals surface area contributed by atoms with Crippen LogP contribution in [0.25, 0.3) is 11.1 Å². The van der Waals surface area contributed by atoms with E-state index in [1.54, 1.807) is 6.92 Å². The fraction of sp³-hybridized carbons (Fsp3) is 0.788. The minimum absolute atomic E-state index is 0. The average molecular weight is 1120 g/mol. The van der Waals surface area contributed by atoms with Crippen LogP contribution >= 0.6 is 0 Å². The van der Waals surface area contributed by atoms with E-state index in [1.807, 2.05) is 62.3 Å². The number of aliphatic hydroxyl groups is 2. The molecule has 0 unspecified atom stereocenters. The molecule has 1 aliphatic heterocycles. The quantitative estimate of drug-likeness (QED) is 0.110. The molecule has 1 heterocycles. The van der Waals surface area contributed by atoms with Crippen molar-refractivity contribution in [2.45, 2.75) is 299 Å². The molecule has 0 saturated heterocycles. The topological polar surface area (TPSA) is 102 Å². The zero-order valence-electron chi connectivity index (χ0n) is 47.9. The van der Waals surface area contributed by atoms with Gasteiger partial charge in [-0.1, -0.05) is 227 Å². The SMILES string of the molecule is C.C.C.C.C.C.C.C.CC.CC.CC.CC.CCCC.CCCC(CC)CC.CCCC(CO)CO.CCCC1COc2ccc3c(c2-c2c(ccc4c2CCCC4)OC1)CCCC3.CCOC(=O)CC(C)=O.[K][K]. The summed E-state index contributed by atoms with van der Waals surface area (Å²) in [6, 6.07) is 9.16. The second-order valence-electron chi connectivity index (χ2n) is 16.0. The number of fused-ring (bicyclic) bond motifs is 7. The van der Waals surface area contributed by atoms with Crippen LogP contribution in [0.2, 0.25) is 0 Å². The van der Waals surface area contributed by atoms with Crippen LogP contribution in [-0.4, -0.2) is 118 Å². The number of ether oxygens (including phenoxy) is 3. The van der Waals surface area contributed by atoms with Crippen molar-refractivity contribution in [2.24, 2.45) is 17.8 Å². The van der Waals surface area contributed by atoms with Gasteiger partial charge in [0.25, 0.3) is 0 Å². The van der Waals surface area contributed by atoms with Crippen LogP contribution in [0.3, 0.4) is 0 Å². The van der Waals surface area contributed by atoms with Crippen molar-refractivity contribution in [3.63, 3.8) is 0 Å². The summed E-state index contributed by atoms with van der Waals surface area (Å²) in [7, 11) is 0. The van der Waals surface area contributed by atoms with E-state index in [9.17, 15) is 9.59 Å². The molecule has 2 N–H and O–H groups in total. The molecule has 2 aromatic rings. The van der Waals surface area contributed by atoms with Crippen LogP contribution < -0.4 is 9.47 Å². The third kappa shape index (κ3) is 51.0. The second-order valence-corrected chi connectivity index (χ2v) is 16.0. The molecule has 0 atom stereocenters. The van der Waals surface area contributed by atoms with E-state index in [-0.39, 0.29) is 90.7 Å². The number of carbonyl (C=O) groups excluding carboxylic acids is 2. The molecule has 0 radical (unpaired) electrons. The number of carbonyl (C=O) groups is 2. The second kappa shape index (κ2) is 80.8. The fourth-order valence-corrected chi connectivity index (χ4v) is 7.61. The Morgan fingerprint density at radius 2 is 0.893 bits per heavy atom. The van der Waals surface area contributed by atoms with Crippen LogP contribution in [0.1, 0.15) is 296 Å². The molecular weight excluding hydrogens is 983 g/mol. The first kappa shape index (κ1) is 107. The third-order valence-electron chi connectivity index (χ3n) is 11.1. The van der Waals surface area contributed by atoms with Crippen molar-refractivity contribution < 1.29 is 34.0 Å². The van der Waals surface area contributed by atoms with Crippen molar-refractivity contribution in [2.75, 3.05) is 33.0 Å². The van der Waals surface area contributed by atoms with E-state index in [2.05, 4.69) is 70.5 Å². The van der Waals surface area contributed by atoms with Crippen LogP contribution in [0.5, 0.6) is 11.5 Å². The summed E-state index contributed by atoms with van der Waals surface area (Å²) in [5.74, 6) is 3.15. The molecule has 2 aromatic carbocycles. The molecule has 5 rings (SSSR count). The number of esters is 1. The molecule has 0 aromatic heterocycles. The monoisotopic (exact) mass is 1120 g/mol. The Labute approximate surface area is 521 Å². The van der Waals surface area contributed by atoms with Crippen molar-refractivity contribution in [3.05, 3.63) is 46.5 Å². The Bertz CT molecular complexity index is 1290. The molecule has 75 heavy (non-hydrogen) atoms. The fourth-order valence-electron chi connectivity index (χ4n) is 7.61. The molecule has 2 aliphatic carbocycles. The number of Topliss-reactive ketones (excluding diaryl/α,β-unsaturated/α-hetero) is 1. The van der Waals surface area contributed by atoms with Crippen LogP contribution in [0.4, 0.5) is 0 Å². The van der Waals surface area contributed by atoms with E-state index < -0.39 is 5.97 Å². The van der Waals surface area contributed by atoms with Gasteiger partial charge in [-0.25, -0.2) is 0 Å². The molecular formula is C66H140K2O7. The van der Waals surface area contributed by atoms with Gasteiger partial charge in [0, 0.05) is 36.2 Å². The summed E-state index contributed by atoms with van der Waals surface area (Å²) < 4.78 is 17.5. The van der Waals surface area contributed by atoms with Crippen LogP contribution in [0, 0.1) is 17.8 Å². The normalized spacial score (nSPS) is 11.2. The zero-order chi connectivity index (χ0) is 52.4. The van der Waals surface area contributed by atoms with Gasteiger partial charge in [-0.2, -0.15) is 0 Å². The van der Waals surface area contributed by atoms with E-state index in [0.29, 0.717) is 12.5 Å². The summed E-state index contributed by atoms with van der Waals surface area (Å²) >= 11 is 2.50. The first-order valence-electron chi connectivity index (χ1n) is 28.0. The Kier molecular flexibility index (Phi) is 116. The Balaban J connectivity index is -0.0000000632. The van der Waals surface area contributed by atoms with Gasteiger partial charge in [0.2, 0.25) is 0 Å². The average Bonchev–Trinajstić information content (AvgIpc) is 3.46. The van der Waals surface area contributed by atoms with Gasteiger partial charge in [0.1, 0.15) is 23.7 Å². The standard InChI is InChI=1S/C26H32O2.C8H18.C6H10O3.C6H14O2.C4H10.4C2H6.8CH4.2K/c1-2-7-18-16-27-23-14-12-19-8-3-5-10-21(19)25(23)26-22-11-6-4-9-20(22)13-15-24(26)28-17-18;1-4-7-8(5-2)6-3;1-3-9-6(8)4-5(2)7;1-2-3-6(4-7)5-8;1-3-4-2;4*1-2;;;;;;;;;;/h12-15,18H,2-11,16-17H2,1H3;8H,4-7H2,1-3H3;3-4H2,1-2H3;6-8H,2-5H2,1H3;3-4H2,1-2H3;4*1-2H3;8*1H4;;. The number of rotatable bonds is 14. The number of unbranched alkanes of at least 4 members (excludes halogenated alkanes) is 1. The van der Waals surface area contributed by atoms with Gasteiger partial charge < -0.3 is 24.4 Å². The Hall–Kier alpha value is 0.373. The number of aliphatic hydroxyl groups excluding tert-OH is 2. The third-order valence-corrected chi connectivity index (χ3v) is 11.1. The Morgan fingerprint density at radius 1 is 0.547 bits per heavy atom. The maximum atomic E-state index is 10.4. The van der Waals surface area contributed by atoms with E-state index in [0.717, 1.165) is 49.9 Å². The molecule has 3 aliphatic rings. The van der Waals surface area contributed by atoms with E-state index >= 15 is 0 Å². The summed E-state index contributed by atoms with van der Waals surface area (Å²) in [5.41, 5.74) is 8.84. The Morgan fingerprint density at radius 3 is 1.15 bits per heavy atom. The van der Waals surface area contributed by atoms with Gasteiger partial charge in [-0.15, -0.1) is 0 Å². The number of hydrogen-bond donors (Lipinski definition) is 2. The molecule has 0 saturated carbocycles. The summed E-state index contributed by atoms with van der Waals surface area (Å²) in [4.78, 5) is 20.6. The van der Waals surface area contributed by atoms with Crippen LogP contribution in [0.15, 0.2) is 24.3 Å². The molecule has 0 bridgehead atoms. The number of aryl methyl sites for hydroxylation is 2. The number of ketones is 1. The first-order valence-corrected chi connectivity index (χ1v) is 44.0. The predicted molar refractivity (Wildman–Crippen MR) is 349 cm³/mol. The van der Waals surface area contributed by atoms with E-state index in [1.165, 1.54) is 200 Å². The molecule has 0 fully saturated rings. The van der Waals surface area contributed by atoms with Gasteiger partial charge in [0.05, 0.1) is 19.8 Å². The zero-order valence-corrected chi connectivity index (χ0v) is 54.2. The minimum atomic E-state index is -0.440. The molecule has 0 amide bonds. The van der Waals surface area contributed by atoms with Crippen molar-refractivity contribution in [1.82, 2.24) is 0 Å². The van der Waals surface area contributed by atoms with E-state index in [4.69, 9.17) is 19.7 Å². The maximum absolute atomic E-state index is 10.4.